The zero-order chi connectivity index (χ0) is 17.9. The van der Waals surface area contributed by atoms with Gasteiger partial charge in [-0.15, -0.1) is 0 Å². The maximum atomic E-state index is 10.9. The normalized spacial score (nSPS) is 17.0. The van der Waals surface area contributed by atoms with Crippen LogP contribution in [0.25, 0.3) is 11.3 Å². The summed E-state index contributed by atoms with van der Waals surface area (Å²) in [6.07, 6.45) is 6.97. The number of nitrogens with zero attached hydrogens (tertiary/aromatic N) is 2. The molecule has 4 rings (SSSR count). The molecule has 0 unspecified atom stereocenters. The monoisotopic (exact) mass is 367 g/mol. The highest BCUT2D eigenvalue weighted by Crippen LogP contribution is 2.27. The van der Waals surface area contributed by atoms with Crippen molar-refractivity contribution in [2.45, 2.75) is 12.8 Å². The predicted molar refractivity (Wildman–Crippen MR) is 104 cm³/mol. The van der Waals surface area contributed by atoms with E-state index in [0.717, 1.165) is 71.4 Å². The number of halogens is 1. The lowest BCUT2D eigenvalue weighted by molar-refractivity contribution is 0.550. The molecular formula is C20H20ClN4O. The lowest BCUT2D eigenvalue weighted by Gasteiger charge is -2.31. The number of nitrogens with one attached hydrogen (secondary N) is 2. The smallest absolute Gasteiger partial charge is 0.313 e. The number of carbonyl (C=O) groups excluding carboxylic acids is 1. The molecule has 133 valence electrons. The van der Waals surface area contributed by atoms with Crippen LogP contribution in [0.1, 0.15) is 18.4 Å². The molecule has 2 aromatic rings. The number of anilines is 1. The highest BCUT2D eigenvalue weighted by molar-refractivity contribution is 6.33. The van der Waals surface area contributed by atoms with Crippen molar-refractivity contribution in [2.24, 2.45) is 0 Å². The summed E-state index contributed by atoms with van der Waals surface area (Å²) >= 11 is 6.93. The van der Waals surface area contributed by atoms with Gasteiger partial charge >= 0.3 is 6.41 Å². The fourth-order valence-corrected chi connectivity index (χ4v) is 4.20. The molecule has 1 fully saturated rings. The van der Waals surface area contributed by atoms with E-state index in [9.17, 15) is 4.79 Å². The van der Waals surface area contributed by atoms with Gasteiger partial charge in [-0.05, 0) is 42.2 Å². The van der Waals surface area contributed by atoms with E-state index in [0.29, 0.717) is 0 Å². The Balaban J connectivity index is 1.99. The minimum absolute atomic E-state index is 0.751. The van der Waals surface area contributed by atoms with Crippen molar-refractivity contribution in [3.8, 4) is 0 Å². The number of fused-ring (bicyclic) bond motifs is 1. The van der Waals surface area contributed by atoms with Gasteiger partial charge in [-0.3, -0.25) is 9.78 Å². The molecule has 1 amide bonds. The van der Waals surface area contributed by atoms with Gasteiger partial charge in [0, 0.05) is 54.7 Å². The standard InChI is InChI=1S/C20H20ClN4O/c21-20-18(25-11-9-23-10-12-25)4-2-16-17(24-13-26)3-1-15(19(16)20)14-5-7-22-8-6-14/h2,4-8,23H,1,3,9-12H2,(H,24,26). The number of hydrogen-bond donors (Lipinski definition) is 2. The summed E-state index contributed by atoms with van der Waals surface area (Å²) in [4.78, 5) is 17.4. The second-order valence-corrected chi connectivity index (χ2v) is 6.86. The topological polar surface area (TPSA) is 57.3 Å². The molecule has 2 heterocycles. The lowest BCUT2D eigenvalue weighted by atomic mass is 9.92. The lowest BCUT2D eigenvalue weighted by Crippen LogP contribution is -2.45. The zero-order valence-electron chi connectivity index (χ0n) is 14.4. The predicted octanol–water partition coefficient (Wildman–Crippen LogP) is 0.902. The summed E-state index contributed by atoms with van der Waals surface area (Å²) in [5.41, 5.74) is 4.24. The third-order valence-electron chi connectivity index (χ3n) is 5.06. The Labute approximate surface area is 157 Å². The number of aromatic nitrogens is 1. The molecule has 0 bridgehead atoms. The molecule has 0 spiro atoms. The van der Waals surface area contributed by atoms with Gasteiger partial charge in [0.05, 0.1) is 10.7 Å². The minimum Gasteiger partial charge on any atom is -0.368 e. The van der Waals surface area contributed by atoms with Crippen LogP contribution in [-0.2, 0) is 4.79 Å². The van der Waals surface area contributed by atoms with Crippen molar-refractivity contribution in [1.29, 1.82) is 0 Å². The zero-order valence-corrected chi connectivity index (χ0v) is 15.1. The maximum absolute atomic E-state index is 10.9. The van der Waals surface area contributed by atoms with Gasteiger partial charge in [-0.2, -0.15) is 0 Å². The first-order valence-corrected chi connectivity index (χ1v) is 9.21. The Morgan fingerprint density at radius 3 is 2.62 bits per heavy atom. The highest BCUT2D eigenvalue weighted by Gasteiger charge is 2.20. The van der Waals surface area contributed by atoms with Gasteiger partial charge in [0.15, 0.2) is 0 Å². The molecule has 1 saturated heterocycles. The van der Waals surface area contributed by atoms with Crippen molar-refractivity contribution < 1.29 is 4.79 Å². The van der Waals surface area contributed by atoms with Gasteiger partial charge < -0.3 is 15.5 Å². The van der Waals surface area contributed by atoms with Crippen LogP contribution in [0.3, 0.4) is 0 Å². The molecule has 1 radical (unpaired) electrons. The average Bonchev–Trinajstić information content (AvgIpc) is 2.70. The first kappa shape index (κ1) is 17.1. The van der Waals surface area contributed by atoms with Gasteiger partial charge in [-0.1, -0.05) is 17.7 Å². The van der Waals surface area contributed by atoms with Gasteiger partial charge in [0.25, 0.3) is 0 Å². The molecule has 2 aliphatic rings. The van der Waals surface area contributed by atoms with E-state index in [1.165, 1.54) is 5.57 Å². The third-order valence-corrected chi connectivity index (χ3v) is 5.44. The highest BCUT2D eigenvalue weighted by atomic mass is 35.5. The van der Waals surface area contributed by atoms with Crippen LogP contribution in [0.4, 0.5) is 5.69 Å². The SMILES string of the molecule is O=[C]NC1=c2ccc(N3CCNCC3)c(Cl)c2=C(c2ccncc2)CC1. The van der Waals surface area contributed by atoms with Crippen LogP contribution in [0, 0.1) is 0 Å². The van der Waals surface area contributed by atoms with E-state index < -0.39 is 0 Å². The van der Waals surface area contributed by atoms with Crippen LogP contribution in [0.15, 0.2) is 36.7 Å². The van der Waals surface area contributed by atoms with E-state index >= 15 is 0 Å². The maximum Gasteiger partial charge on any atom is 0.313 e. The van der Waals surface area contributed by atoms with Crippen molar-refractivity contribution in [3.63, 3.8) is 0 Å². The molecule has 6 heteroatoms. The second kappa shape index (κ2) is 7.48. The Morgan fingerprint density at radius 2 is 1.88 bits per heavy atom. The average molecular weight is 368 g/mol. The first-order valence-electron chi connectivity index (χ1n) is 8.83. The summed E-state index contributed by atoms with van der Waals surface area (Å²) in [5.74, 6) is 0. The fraction of sp³-hybridized carbons (Fsp3) is 0.300. The van der Waals surface area contributed by atoms with Crippen LogP contribution >= 0.6 is 11.6 Å². The van der Waals surface area contributed by atoms with E-state index in [2.05, 4.69) is 32.7 Å². The molecule has 1 aromatic heterocycles. The molecule has 0 saturated carbocycles. The molecule has 2 N–H and O–H groups in total. The minimum atomic E-state index is 0.751. The number of pyridine rings is 1. The second-order valence-electron chi connectivity index (χ2n) is 6.48. The summed E-state index contributed by atoms with van der Waals surface area (Å²) in [7, 11) is 0. The number of piperazine rings is 1. The van der Waals surface area contributed by atoms with Crippen molar-refractivity contribution >= 4 is 35.0 Å². The number of amides is 1. The molecule has 5 nitrogen and oxygen atoms in total. The van der Waals surface area contributed by atoms with Gasteiger partial charge in [0.1, 0.15) is 0 Å². The molecule has 1 aliphatic carbocycles. The van der Waals surface area contributed by atoms with Gasteiger partial charge in [0.2, 0.25) is 0 Å². The number of hydrogen-bond acceptors (Lipinski definition) is 4. The largest absolute Gasteiger partial charge is 0.368 e. The van der Waals surface area contributed by atoms with E-state index in [-0.39, 0.29) is 0 Å². The Bertz CT molecular complexity index is 936. The van der Waals surface area contributed by atoms with E-state index in [1.54, 1.807) is 12.4 Å². The Hall–Kier alpha value is -2.37. The van der Waals surface area contributed by atoms with Crippen molar-refractivity contribution in [3.05, 3.63) is 57.7 Å². The summed E-state index contributed by atoms with van der Waals surface area (Å²) < 4.78 is 0. The summed E-state index contributed by atoms with van der Waals surface area (Å²) in [5, 5.41) is 8.86. The Kier molecular flexibility index (Phi) is 4.91. The molecule has 1 aromatic carbocycles. The van der Waals surface area contributed by atoms with Crippen LogP contribution in [0.2, 0.25) is 5.02 Å². The van der Waals surface area contributed by atoms with E-state index in [1.807, 2.05) is 18.5 Å². The van der Waals surface area contributed by atoms with E-state index in [4.69, 9.17) is 11.6 Å². The Morgan fingerprint density at radius 1 is 1.12 bits per heavy atom. The van der Waals surface area contributed by atoms with Crippen LogP contribution in [0.5, 0.6) is 0 Å². The molecule has 26 heavy (non-hydrogen) atoms. The summed E-state index contributed by atoms with van der Waals surface area (Å²) in [6.45, 7) is 3.76. The number of rotatable bonds is 4. The number of benzene rings is 1. The van der Waals surface area contributed by atoms with Crippen LogP contribution in [-0.4, -0.2) is 37.6 Å². The fourth-order valence-electron chi connectivity index (χ4n) is 3.80. The van der Waals surface area contributed by atoms with Gasteiger partial charge in [-0.25, -0.2) is 0 Å². The molecule has 0 atom stereocenters. The molecular weight excluding hydrogens is 348 g/mol. The first-order chi connectivity index (χ1) is 12.8. The molecule has 1 aliphatic heterocycles. The van der Waals surface area contributed by atoms with Crippen molar-refractivity contribution in [1.82, 2.24) is 15.6 Å². The third kappa shape index (κ3) is 3.08. The summed E-state index contributed by atoms with van der Waals surface area (Å²) in [6, 6.07) is 8.15. The van der Waals surface area contributed by atoms with Crippen LogP contribution < -0.4 is 26.0 Å². The quantitative estimate of drug-likeness (QED) is 0.788. The van der Waals surface area contributed by atoms with Crippen molar-refractivity contribution in [2.75, 3.05) is 31.1 Å².